The van der Waals surface area contributed by atoms with Gasteiger partial charge in [-0.3, -0.25) is 0 Å². The fourth-order valence-corrected chi connectivity index (χ4v) is 9.01. The van der Waals surface area contributed by atoms with Crippen LogP contribution in [0.3, 0.4) is 0 Å². The summed E-state index contributed by atoms with van der Waals surface area (Å²) in [5.74, 6) is 1.88. The van der Waals surface area contributed by atoms with Crippen LogP contribution in [-0.4, -0.2) is 15.0 Å². The Kier molecular flexibility index (Phi) is 7.42. The second kappa shape index (κ2) is 12.9. The number of hydrogen-bond donors (Lipinski definition) is 0. The maximum absolute atomic E-state index is 7.82. The lowest BCUT2D eigenvalue weighted by molar-refractivity contribution is 0.794. The molecular formula is C53H32N4. The van der Waals surface area contributed by atoms with E-state index in [1.807, 2.05) is 42.5 Å². The molecule has 2 aliphatic rings. The molecule has 0 fully saturated rings. The Balaban J connectivity index is 1.03. The largest absolute Gasteiger partial charge is 0.238 e. The van der Waals surface area contributed by atoms with Crippen molar-refractivity contribution in [2.45, 2.75) is 5.41 Å². The summed E-state index contributed by atoms with van der Waals surface area (Å²) < 4.78 is 0. The van der Waals surface area contributed by atoms with Crippen LogP contribution in [0.2, 0.25) is 0 Å². The minimum absolute atomic E-state index is 0.485. The van der Waals surface area contributed by atoms with Gasteiger partial charge in [0, 0.05) is 16.7 Å². The average molecular weight is 725 g/mol. The number of fused-ring (bicyclic) bond motifs is 10. The van der Waals surface area contributed by atoms with Crippen molar-refractivity contribution in [1.29, 1.82) is 0 Å². The van der Waals surface area contributed by atoms with E-state index in [1.54, 1.807) is 0 Å². The van der Waals surface area contributed by atoms with Crippen LogP contribution in [0.4, 0.5) is 5.69 Å². The molecular weight excluding hydrogens is 693 g/mol. The van der Waals surface area contributed by atoms with Crippen molar-refractivity contribution >= 4 is 5.69 Å². The summed E-state index contributed by atoms with van der Waals surface area (Å²) in [6.45, 7) is 7.82. The van der Waals surface area contributed by atoms with Gasteiger partial charge in [0.05, 0.1) is 12.0 Å². The molecule has 0 saturated heterocycles. The van der Waals surface area contributed by atoms with Gasteiger partial charge in [0.2, 0.25) is 0 Å². The van der Waals surface area contributed by atoms with Gasteiger partial charge in [-0.1, -0.05) is 176 Å². The predicted octanol–water partition coefficient (Wildman–Crippen LogP) is 13.1. The van der Waals surface area contributed by atoms with E-state index in [0.29, 0.717) is 23.2 Å². The molecule has 264 valence electrons. The third kappa shape index (κ3) is 5.10. The highest BCUT2D eigenvalue weighted by Crippen LogP contribution is 2.63. The first kappa shape index (κ1) is 32.7. The Morgan fingerprint density at radius 2 is 0.772 bits per heavy atom. The summed E-state index contributed by atoms with van der Waals surface area (Å²) in [5.41, 5.74) is 17.3. The van der Waals surface area contributed by atoms with Crippen molar-refractivity contribution in [1.82, 2.24) is 15.0 Å². The maximum Gasteiger partial charge on any atom is 0.187 e. The average Bonchev–Trinajstić information content (AvgIpc) is 3.76. The quantitative estimate of drug-likeness (QED) is 0.166. The molecule has 1 heterocycles. The number of hydrogen-bond acceptors (Lipinski definition) is 3. The molecule has 0 saturated carbocycles. The van der Waals surface area contributed by atoms with Gasteiger partial charge in [0.15, 0.2) is 23.2 Å². The molecule has 1 spiro atoms. The number of benzene rings is 8. The van der Waals surface area contributed by atoms with Crippen LogP contribution in [0, 0.1) is 6.57 Å². The Morgan fingerprint density at radius 3 is 1.44 bits per heavy atom. The standard InChI is InChI=1S/C53H32N4/c1-54-41-28-30-48-45(33-41)44-29-27-39(32-49(44)53(48)46-21-10-8-19-42(46)43-20-9-11-22-47(43)53)35-23-25-37(26-24-35)51-55-50(36-15-6-3-7-16-36)56-52(57-51)40-18-12-17-38(31-40)34-13-4-2-5-14-34/h2-33H. The highest BCUT2D eigenvalue weighted by Gasteiger charge is 2.51. The third-order valence-electron chi connectivity index (χ3n) is 11.6. The SMILES string of the molecule is [C-]#[N+]c1ccc2c(c1)-c1ccc(-c3ccc(-c4nc(-c5ccccc5)nc(-c5cccc(-c6ccccc6)c5)n4)cc3)cc1C21c2ccccc2-c2ccccc21. The molecule has 0 atom stereocenters. The molecule has 0 N–H and O–H groups in total. The summed E-state index contributed by atoms with van der Waals surface area (Å²) in [4.78, 5) is 18.9. The summed E-state index contributed by atoms with van der Waals surface area (Å²) in [6, 6.07) is 68.1. The Bertz CT molecular complexity index is 3030. The minimum atomic E-state index is -0.485. The maximum atomic E-state index is 7.82. The van der Waals surface area contributed by atoms with Gasteiger partial charge >= 0.3 is 0 Å². The number of nitrogens with zero attached hydrogens (tertiary/aromatic N) is 4. The zero-order valence-electron chi connectivity index (χ0n) is 30.8. The monoisotopic (exact) mass is 724 g/mol. The Hall–Kier alpha value is -7.74. The van der Waals surface area contributed by atoms with Gasteiger partial charge in [0.25, 0.3) is 0 Å². The Labute approximate surface area is 331 Å². The van der Waals surface area contributed by atoms with Crippen molar-refractivity contribution in [2.75, 3.05) is 0 Å². The molecule has 8 aromatic carbocycles. The molecule has 9 aromatic rings. The highest BCUT2D eigenvalue weighted by molar-refractivity contribution is 5.96. The fourth-order valence-electron chi connectivity index (χ4n) is 9.01. The summed E-state index contributed by atoms with van der Waals surface area (Å²) >= 11 is 0. The van der Waals surface area contributed by atoms with E-state index < -0.39 is 5.41 Å². The molecule has 0 amide bonds. The first-order chi connectivity index (χ1) is 28.2. The molecule has 0 unspecified atom stereocenters. The van der Waals surface area contributed by atoms with Crippen molar-refractivity contribution in [2.24, 2.45) is 0 Å². The van der Waals surface area contributed by atoms with Crippen LogP contribution >= 0.6 is 0 Å². The van der Waals surface area contributed by atoms with Crippen molar-refractivity contribution in [3.05, 3.63) is 228 Å². The summed E-state index contributed by atoms with van der Waals surface area (Å²) in [5, 5.41) is 0. The van der Waals surface area contributed by atoms with Crippen LogP contribution in [0.5, 0.6) is 0 Å². The van der Waals surface area contributed by atoms with Crippen LogP contribution in [0.15, 0.2) is 194 Å². The Morgan fingerprint density at radius 1 is 0.316 bits per heavy atom. The molecule has 0 aliphatic heterocycles. The molecule has 0 radical (unpaired) electrons. The predicted molar refractivity (Wildman–Crippen MR) is 230 cm³/mol. The molecule has 4 heteroatoms. The normalized spacial score (nSPS) is 12.7. The lowest BCUT2D eigenvalue weighted by Crippen LogP contribution is -2.25. The van der Waals surface area contributed by atoms with E-state index in [4.69, 9.17) is 21.5 Å². The summed E-state index contributed by atoms with van der Waals surface area (Å²) in [7, 11) is 0. The van der Waals surface area contributed by atoms with E-state index in [9.17, 15) is 0 Å². The smallest absolute Gasteiger partial charge is 0.187 e. The van der Waals surface area contributed by atoms with E-state index in [0.717, 1.165) is 44.5 Å². The number of rotatable bonds is 5. The van der Waals surface area contributed by atoms with E-state index in [1.165, 1.54) is 38.9 Å². The molecule has 0 bridgehead atoms. The molecule has 1 aromatic heterocycles. The molecule has 2 aliphatic carbocycles. The van der Waals surface area contributed by atoms with E-state index in [2.05, 4.69) is 157 Å². The molecule has 4 nitrogen and oxygen atoms in total. The van der Waals surface area contributed by atoms with Gasteiger partial charge < -0.3 is 0 Å². The highest BCUT2D eigenvalue weighted by atomic mass is 15.0. The van der Waals surface area contributed by atoms with Crippen molar-refractivity contribution < 1.29 is 0 Å². The van der Waals surface area contributed by atoms with Gasteiger partial charge in [-0.25, -0.2) is 19.8 Å². The lowest BCUT2D eigenvalue weighted by Gasteiger charge is -2.30. The van der Waals surface area contributed by atoms with E-state index >= 15 is 0 Å². The second-order valence-electron chi connectivity index (χ2n) is 14.6. The van der Waals surface area contributed by atoms with Crippen LogP contribution in [-0.2, 0) is 5.41 Å². The van der Waals surface area contributed by atoms with Crippen LogP contribution in [0.1, 0.15) is 22.3 Å². The third-order valence-corrected chi connectivity index (χ3v) is 11.6. The molecule has 57 heavy (non-hydrogen) atoms. The second-order valence-corrected chi connectivity index (χ2v) is 14.6. The lowest BCUT2D eigenvalue weighted by atomic mass is 9.70. The fraction of sp³-hybridized carbons (Fsp3) is 0.0189. The van der Waals surface area contributed by atoms with Crippen molar-refractivity contribution in [3.8, 4) is 78.7 Å². The van der Waals surface area contributed by atoms with Gasteiger partial charge in [-0.05, 0) is 85.0 Å². The van der Waals surface area contributed by atoms with Crippen molar-refractivity contribution in [3.63, 3.8) is 0 Å². The zero-order chi connectivity index (χ0) is 37.9. The van der Waals surface area contributed by atoms with Gasteiger partial charge in [0.1, 0.15) is 0 Å². The summed E-state index contributed by atoms with van der Waals surface area (Å²) in [6.07, 6.45) is 0. The topological polar surface area (TPSA) is 43.0 Å². The zero-order valence-corrected chi connectivity index (χ0v) is 30.8. The minimum Gasteiger partial charge on any atom is -0.238 e. The molecule has 11 rings (SSSR count). The number of aromatic nitrogens is 3. The van der Waals surface area contributed by atoms with Gasteiger partial charge in [-0.15, -0.1) is 0 Å². The van der Waals surface area contributed by atoms with E-state index in [-0.39, 0.29) is 0 Å². The van der Waals surface area contributed by atoms with Gasteiger partial charge in [-0.2, -0.15) is 0 Å². The first-order valence-electron chi connectivity index (χ1n) is 19.1. The van der Waals surface area contributed by atoms with Crippen LogP contribution < -0.4 is 0 Å². The van der Waals surface area contributed by atoms with Crippen LogP contribution in [0.25, 0.3) is 83.5 Å². The first-order valence-corrected chi connectivity index (χ1v) is 19.1.